The molecular formula is C12H7ClF4N2O. The minimum atomic E-state index is -4.77. The maximum absolute atomic E-state index is 13.1. The van der Waals surface area contributed by atoms with Crippen LogP contribution in [0.25, 0.3) is 0 Å². The van der Waals surface area contributed by atoms with Crippen LogP contribution >= 0.6 is 11.6 Å². The number of hydrogen-bond donors (Lipinski definition) is 0. The quantitative estimate of drug-likeness (QED) is 0.808. The number of halogens is 5. The van der Waals surface area contributed by atoms with Gasteiger partial charge in [-0.1, -0.05) is 11.6 Å². The number of benzene rings is 1. The van der Waals surface area contributed by atoms with E-state index in [-0.39, 0.29) is 17.5 Å². The van der Waals surface area contributed by atoms with Crippen LogP contribution in [0.15, 0.2) is 30.3 Å². The van der Waals surface area contributed by atoms with Crippen LogP contribution in [-0.2, 0) is 12.8 Å². The Bertz CT molecular complexity index is 601. The SMILES string of the molecule is Fc1ccc(OCc2ccc(Cl)nn2)cc1C(F)(F)F. The Morgan fingerprint density at radius 2 is 1.85 bits per heavy atom. The Morgan fingerprint density at radius 1 is 1.10 bits per heavy atom. The summed E-state index contributed by atoms with van der Waals surface area (Å²) in [6, 6.07) is 5.39. The van der Waals surface area contributed by atoms with E-state index in [4.69, 9.17) is 16.3 Å². The van der Waals surface area contributed by atoms with E-state index < -0.39 is 17.6 Å². The molecule has 20 heavy (non-hydrogen) atoms. The maximum atomic E-state index is 13.1. The van der Waals surface area contributed by atoms with E-state index in [1.165, 1.54) is 12.1 Å². The van der Waals surface area contributed by atoms with E-state index in [0.29, 0.717) is 17.8 Å². The zero-order chi connectivity index (χ0) is 14.8. The summed E-state index contributed by atoms with van der Waals surface area (Å²) in [5.74, 6) is -1.47. The van der Waals surface area contributed by atoms with Crippen molar-refractivity contribution in [1.82, 2.24) is 10.2 Å². The largest absolute Gasteiger partial charge is 0.487 e. The summed E-state index contributed by atoms with van der Waals surface area (Å²) in [6.07, 6.45) is -4.77. The third-order valence-corrected chi connectivity index (χ3v) is 2.52. The van der Waals surface area contributed by atoms with Crippen molar-refractivity contribution in [3.05, 3.63) is 52.6 Å². The molecule has 0 unspecified atom stereocenters. The lowest BCUT2D eigenvalue weighted by atomic mass is 10.2. The van der Waals surface area contributed by atoms with Crippen molar-refractivity contribution in [2.45, 2.75) is 12.8 Å². The second kappa shape index (κ2) is 5.62. The first-order chi connectivity index (χ1) is 9.36. The fraction of sp³-hybridized carbons (Fsp3) is 0.167. The number of hydrogen-bond acceptors (Lipinski definition) is 3. The predicted octanol–water partition coefficient (Wildman–Crippen LogP) is 3.87. The lowest BCUT2D eigenvalue weighted by molar-refractivity contribution is -0.140. The van der Waals surface area contributed by atoms with Crippen LogP contribution in [0.3, 0.4) is 0 Å². The van der Waals surface area contributed by atoms with Gasteiger partial charge >= 0.3 is 6.18 Å². The van der Waals surface area contributed by atoms with Crippen molar-refractivity contribution in [1.29, 1.82) is 0 Å². The second-order valence-corrected chi connectivity index (χ2v) is 4.16. The van der Waals surface area contributed by atoms with Crippen molar-refractivity contribution in [2.75, 3.05) is 0 Å². The van der Waals surface area contributed by atoms with Gasteiger partial charge in [-0.3, -0.25) is 0 Å². The second-order valence-electron chi connectivity index (χ2n) is 3.78. The van der Waals surface area contributed by atoms with Gasteiger partial charge in [0.05, 0.1) is 5.56 Å². The van der Waals surface area contributed by atoms with Gasteiger partial charge in [-0.2, -0.15) is 18.3 Å². The van der Waals surface area contributed by atoms with E-state index >= 15 is 0 Å². The van der Waals surface area contributed by atoms with Crippen molar-refractivity contribution < 1.29 is 22.3 Å². The first-order valence-electron chi connectivity index (χ1n) is 5.34. The molecule has 106 valence electrons. The summed E-state index contributed by atoms with van der Waals surface area (Å²) < 4.78 is 55.7. The zero-order valence-electron chi connectivity index (χ0n) is 9.79. The summed E-state index contributed by atoms with van der Waals surface area (Å²) in [7, 11) is 0. The number of rotatable bonds is 3. The van der Waals surface area contributed by atoms with Gasteiger partial charge in [0, 0.05) is 0 Å². The van der Waals surface area contributed by atoms with Gasteiger partial charge in [0.15, 0.2) is 5.15 Å². The standard InChI is InChI=1S/C12H7ClF4N2O/c13-11-4-1-7(18-19-11)6-20-8-2-3-10(14)9(5-8)12(15,16)17/h1-5H,6H2. The first kappa shape index (κ1) is 14.5. The van der Waals surface area contributed by atoms with Crippen molar-refractivity contribution in [3.8, 4) is 5.75 Å². The molecule has 1 heterocycles. The molecule has 0 aliphatic heterocycles. The summed E-state index contributed by atoms with van der Waals surface area (Å²) in [4.78, 5) is 0. The Balaban J connectivity index is 2.12. The van der Waals surface area contributed by atoms with Crippen LogP contribution in [0.4, 0.5) is 17.6 Å². The highest BCUT2D eigenvalue weighted by Crippen LogP contribution is 2.33. The number of nitrogens with zero attached hydrogens (tertiary/aromatic N) is 2. The number of alkyl halides is 3. The van der Waals surface area contributed by atoms with E-state index in [2.05, 4.69) is 10.2 Å². The summed E-state index contributed by atoms with van der Waals surface area (Å²) in [5.41, 5.74) is -0.996. The first-order valence-corrected chi connectivity index (χ1v) is 5.72. The van der Waals surface area contributed by atoms with E-state index in [0.717, 1.165) is 6.07 Å². The molecule has 0 spiro atoms. The van der Waals surface area contributed by atoms with E-state index in [1.54, 1.807) is 0 Å². The fourth-order valence-corrected chi connectivity index (χ4v) is 1.49. The topological polar surface area (TPSA) is 35.0 Å². The Kier molecular flexibility index (Phi) is 4.08. The predicted molar refractivity (Wildman–Crippen MR) is 62.8 cm³/mol. The molecule has 2 aromatic rings. The summed E-state index contributed by atoms with van der Waals surface area (Å²) in [5, 5.41) is 7.43. The van der Waals surface area contributed by atoms with Gasteiger partial charge in [0.2, 0.25) is 0 Å². The molecule has 0 atom stereocenters. The van der Waals surface area contributed by atoms with Crippen molar-refractivity contribution >= 4 is 11.6 Å². The molecule has 3 nitrogen and oxygen atoms in total. The number of aromatic nitrogens is 2. The molecule has 1 aromatic heterocycles. The van der Waals surface area contributed by atoms with Crippen LogP contribution in [0.2, 0.25) is 5.15 Å². The van der Waals surface area contributed by atoms with Crippen LogP contribution in [0, 0.1) is 5.82 Å². The van der Waals surface area contributed by atoms with Crippen molar-refractivity contribution in [3.63, 3.8) is 0 Å². The highest BCUT2D eigenvalue weighted by molar-refractivity contribution is 6.29. The Morgan fingerprint density at radius 3 is 2.45 bits per heavy atom. The average molecular weight is 307 g/mol. The smallest absolute Gasteiger partial charge is 0.419 e. The Hall–Kier alpha value is -1.89. The maximum Gasteiger partial charge on any atom is 0.419 e. The van der Waals surface area contributed by atoms with Crippen LogP contribution < -0.4 is 4.74 Å². The monoisotopic (exact) mass is 306 g/mol. The molecule has 2 rings (SSSR count). The van der Waals surface area contributed by atoms with Gasteiger partial charge in [-0.25, -0.2) is 4.39 Å². The van der Waals surface area contributed by atoms with Gasteiger partial charge < -0.3 is 4.74 Å². The molecule has 0 fully saturated rings. The lowest BCUT2D eigenvalue weighted by Gasteiger charge is -2.11. The molecule has 0 bridgehead atoms. The molecule has 0 radical (unpaired) electrons. The molecule has 1 aromatic carbocycles. The van der Waals surface area contributed by atoms with Crippen LogP contribution in [0.1, 0.15) is 11.3 Å². The lowest BCUT2D eigenvalue weighted by Crippen LogP contribution is -2.08. The number of ether oxygens (including phenoxy) is 1. The van der Waals surface area contributed by atoms with E-state index in [1.807, 2.05) is 0 Å². The van der Waals surface area contributed by atoms with Crippen LogP contribution in [-0.4, -0.2) is 10.2 Å². The van der Waals surface area contributed by atoms with Crippen LogP contribution in [0.5, 0.6) is 5.75 Å². The van der Waals surface area contributed by atoms with E-state index in [9.17, 15) is 17.6 Å². The summed E-state index contributed by atoms with van der Waals surface area (Å²) in [6.45, 7) is -0.104. The third kappa shape index (κ3) is 3.57. The summed E-state index contributed by atoms with van der Waals surface area (Å²) >= 11 is 5.54. The molecule has 8 heteroatoms. The molecule has 0 saturated heterocycles. The van der Waals surface area contributed by atoms with Gasteiger partial charge in [0.1, 0.15) is 23.9 Å². The van der Waals surface area contributed by atoms with Crippen molar-refractivity contribution in [2.24, 2.45) is 0 Å². The van der Waals surface area contributed by atoms with Gasteiger partial charge in [-0.15, -0.1) is 5.10 Å². The molecule has 0 saturated carbocycles. The third-order valence-electron chi connectivity index (χ3n) is 2.32. The molecule has 0 N–H and O–H groups in total. The normalized spacial score (nSPS) is 11.4. The van der Waals surface area contributed by atoms with Gasteiger partial charge in [0.25, 0.3) is 0 Å². The van der Waals surface area contributed by atoms with Gasteiger partial charge in [-0.05, 0) is 30.3 Å². The highest BCUT2D eigenvalue weighted by Gasteiger charge is 2.34. The highest BCUT2D eigenvalue weighted by atomic mass is 35.5. The average Bonchev–Trinajstić information content (AvgIpc) is 2.38. The minimum absolute atomic E-state index is 0.104. The molecule has 0 aliphatic rings. The molecule has 0 aliphatic carbocycles. The molecule has 0 amide bonds. The zero-order valence-corrected chi connectivity index (χ0v) is 10.5. The fourth-order valence-electron chi connectivity index (χ4n) is 1.39. The minimum Gasteiger partial charge on any atom is -0.487 e. The molecular weight excluding hydrogens is 300 g/mol. The Labute approximate surface area is 116 Å².